The first-order chi connectivity index (χ1) is 16.6. The largest absolute Gasteiger partial charge is 0.389 e. The highest BCUT2D eigenvalue weighted by molar-refractivity contribution is 6.38. The fourth-order valence-electron chi connectivity index (χ4n) is 5.93. The van der Waals surface area contributed by atoms with Crippen molar-refractivity contribution in [2.45, 2.75) is 69.8 Å². The van der Waals surface area contributed by atoms with Gasteiger partial charge in [0.25, 0.3) is 5.56 Å². The standard InChI is InChI=1S/C25H30ClN7O2/c1-25(2,35)12-32-11-18-19(30-32)7-6-16(21(18)26)17-10-28-22-20(17)23(34)31(3)24(29-22)33-14-4-5-15(33)9-13(27)8-14/h6-7,10-11,13-15,28,35H,4-5,8-9,12,27H2,1-3H3/t13?,14-,15+. The fraction of sp³-hybridized carbons (Fsp3) is 0.480. The molecule has 2 aliphatic heterocycles. The van der Waals surface area contributed by atoms with Gasteiger partial charge in [-0.05, 0) is 45.6 Å². The van der Waals surface area contributed by atoms with Crippen molar-refractivity contribution >= 4 is 39.5 Å². The van der Waals surface area contributed by atoms with E-state index in [4.69, 9.17) is 22.3 Å². The van der Waals surface area contributed by atoms with Crippen molar-refractivity contribution < 1.29 is 5.11 Å². The number of nitrogens with two attached hydrogens (primary N) is 1. The summed E-state index contributed by atoms with van der Waals surface area (Å²) in [6, 6.07) is 4.63. The molecule has 2 bridgehead atoms. The maximum Gasteiger partial charge on any atom is 0.264 e. The first kappa shape index (κ1) is 22.6. The number of piperidine rings is 1. The van der Waals surface area contributed by atoms with Gasteiger partial charge in [-0.2, -0.15) is 10.1 Å². The molecule has 0 aliphatic carbocycles. The SMILES string of the molecule is Cn1c(N2[C@@H]3CC[C@H]2CC(N)C3)nc2[nH]cc(-c3ccc4nn(CC(C)(C)O)cc4c3Cl)c2c1=O. The van der Waals surface area contributed by atoms with E-state index in [9.17, 15) is 9.90 Å². The Balaban J connectivity index is 1.45. The van der Waals surface area contributed by atoms with Crippen LogP contribution < -0.4 is 16.2 Å². The highest BCUT2D eigenvalue weighted by Crippen LogP contribution is 2.40. The number of aliphatic hydroxyl groups is 1. The summed E-state index contributed by atoms with van der Waals surface area (Å²) in [7, 11) is 1.79. The number of halogens is 1. The van der Waals surface area contributed by atoms with Crippen LogP contribution >= 0.6 is 11.6 Å². The van der Waals surface area contributed by atoms with Gasteiger partial charge in [0.2, 0.25) is 5.95 Å². The smallest absolute Gasteiger partial charge is 0.264 e. The minimum absolute atomic E-state index is 0.107. The van der Waals surface area contributed by atoms with Crippen LogP contribution in [0.1, 0.15) is 39.5 Å². The van der Waals surface area contributed by atoms with Crippen molar-refractivity contribution in [3.63, 3.8) is 0 Å². The van der Waals surface area contributed by atoms with E-state index in [1.807, 2.05) is 18.3 Å². The van der Waals surface area contributed by atoms with Crippen LogP contribution in [0.5, 0.6) is 0 Å². The number of rotatable bonds is 4. The second-order valence-corrected chi connectivity index (χ2v) is 11.1. The van der Waals surface area contributed by atoms with E-state index in [0.717, 1.165) is 42.1 Å². The Morgan fingerprint density at radius 1 is 1.23 bits per heavy atom. The summed E-state index contributed by atoms with van der Waals surface area (Å²) in [6.07, 6.45) is 7.66. The Kier molecular flexibility index (Phi) is 5.04. The van der Waals surface area contributed by atoms with E-state index in [2.05, 4.69) is 15.0 Å². The molecule has 2 aliphatic rings. The fourth-order valence-corrected chi connectivity index (χ4v) is 6.24. The molecule has 1 unspecified atom stereocenters. The first-order valence-electron chi connectivity index (χ1n) is 12.1. The normalized spacial score (nSPS) is 22.6. The molecule has 35 heavy (non-hydrogen) atoms. The Hall–Kier alpha value is -2.88. The number of hydrogen-bond donors (Lipinski definition) is 3. The number of nitrogens with one attached hydrogen (secondary N) is 1. The van der Waals surface area contributed by atoms with Gasteiger partial charge in [-0.15, -0.1) is 0 Å². The zero-order valence-electron chi connectivity index (χ0n) is 20.1. The number of aromatic amines is 1. The van der Waals surface area contributed by atoms with Crippen molar-refractivity contribution in [1.29, 1.82) is 0 Å². The van der Waals surface area contributed by atoms with Gasteiger partial charge in [0.1, 0.15) is 5.65 Å². The third-order valence-electron chi connectivity index (χ3n) is 7.40. The van der Waals surface area contributed by atoms with Gasteiger partial charge < -0.3 is 20.7 Å². The minimum Gasteiger partial charge on any atom is -0.389 e. The summed E-state index contributed by atoms with van der Waals surface area (Å²) in [5.41, 5.74) is 7.99. The predicted molar refractivity (Wildman–Crippen MR) is 138 cm³/mol. The number of nitrogens with zero attached hydrogens (tertiary/aromatic N) is 5. The van der Waals surface area contributed by atoms with Crippen LogP contribution in [-0.2, 0) is 13.6 Å². The summed E-state index contributed by atoms with van der Waals surface area (Å²) in [4.78, 5) is 24.1. The van der Waals surface area contributed by atoms with Gasteiger partial charge in [0, 0.05) is 54.1 Å². The van der Waals surface area contributed by atoms with E-state index in [0.29, 0.717) is 46.2 Å². The number of H-pyrrole nitrogens is 1. The lowest BCUT2D eigenvalue weighted by molar-refractivity contribution is 0.0580. The summed E-state index contributed by atoms with van der Waals surface area (Å²) in [5.74, 6) is 0.699. The maximum atomic E-state index is 13.6. The number of benzene rings is 1. The third kappa shape index (κ3) is 3.64. The van der Waals surface area contributed by atoms with E-state index in [1.54, 1.807) is 36.3 Å². The van der Waals surface area contributed by atoms with Gasteiger partial charge in [-0.1, -0.05) is 17.7 Å². The monoisotopic (exact) mass is 495 g/mol. The average Bonchev–Trinajstić information content (AvgIpc) is 3.44. The molecule has 3 aromatic heterocycles. The van der Waals surface area contributed by atoms with Crippen molar-refractivity contribution in [1.82, 2.24) is 24.3 Å². The molecule has 0 radical (unpaired) electrons. The molecule has 0 saturated carbocycles. The molecule has 4 N–H and O–H groups in total. The summed E-state index contributed by atoms with van der Waals surface area (Å²) >= 11 is 6.84. The van der Waals surface area contributed by atoms with Crippen molar-refractivity contribution in [2.24, 2.45) is 12.8 Å². The van der Waals surface area contributed by atoms with Crippen molar-refractivity contribution in [3.05, 3.63) is 39.9 Å². The predicted octanol–water partition coefficient (Wildman–Crippen LogP) is 3.16. The number of anilines is 1. The van der Waals surface area contributed by atoms with Crippen molar-refractivity contribution in [2.75, 3.05) is 4.90 Å². The molecule has 184 valence electrons. The lowest BCUT2D eigenvalue weighted by Crippen LogP contribution is -2.49. The first-order valence-corrected chi connectivity index (χ1v) is 12.5. The third-order valence-corrected chi connectivity index (χ3v) is 7.81. The number of hydrogen-bond acceptors (Lipinski definition) is 6. The minimum atomic E-state index is -0.900. The van der Waals surface area contributed by atoms with E-state index < -0.39 is 5.60 Å². The maximum absolute atomic E-state index is 13.6. The molecule has 5 heterocycles. The topological polar surface area (TPSA) is 118 Å². The molecule has 9 nitrogen and oxygen atoms in total. The quantitative estimate of drug-likeness (QED) is 0.400. The molecule has 2 saturated heterocycles. The zero-order chi connectivity index (χ0) is 24.6. The van der Waals surface area contributed by atoms with Crippen molar-refractivity contribution in [3.8, 4) is 11.1 Å². The Labute approximate surface area is 207 Å². The molecule has 4 aromatic rings. The van der Waals surface area contributed by atoms with Gasteiger partial charge in [0.05, 0.1) is 28.1 Å². The van der Waals surface area contributed by atoms with Crippen LogP contribution in [0.3, 0.4) is 0 Å². The molecular formula is C25H30ClN7O2. The lowest BCUT2D eigenvalue weighted by atomic mass is 9.98. The average molecular weight is 496 g/mol. The van der Waals surface area contributed by atoms with E-state index >= 15 is 0 Å². The van der Waals surface area contributed by atoms with Crippen LogP contribution in [0.25, 0.3) is 33.1 Å². The second-order valence-electron chi connectivity index (χ2n) is 10.7. The molecule has 2 fully saturated rings. The van der Waals surface area contributed by atoms with Crippen LogP contribution in [0.4, 0.5) is 5.95 Å². The molecule has 0 spiro atoms. The number of fused-ring (bicyclic) bond motifs is 4. The Bertz CT molecular complexity index is 1500. The van der Waals surface area contributed by atoms with Gasteiger partial charge in [-0.3, -0.25) is 14.0 Å². The molecular weight excluding hydrogens is 466 g/mol. The Morgan fingerprint density at radius 2 is 1.94 bits per heavy atom. The zero-order valence-corrected chi connectivity index (χ0v) is 20.9. The summed E-state index contributed by atoms with van der Waals surface area (Å²) in [6.45, 7) is 3.81. The van der Waals surface area contributed by atoms with E-state index in [1.165, 1.54) is 0 Å². The van der Waals surface area contributed by atoms with Gasteiger partial charge in [-0.25, -0.2) is 0 Å². The van der Waals surface area contributed by atoms with Gasteiger partial charge >= 0.3 is 0 Å². The lowest BCUT2D eigenvalue weighted by Gasteiger charge is -2.38. The molecule has 6 rings (SSSR count). The van der Waals surface area contributed by atoms with Crippen LogP contribution in [0, 0.1) is 0 Å². The highest BCUT2D eigenvalue weighted by Gasteiger charge is 2.41. The van der Waals surface area contributed by atoms with Crippen LogP contribution in [-0.4, -0.2) is 53.1 Å². The number of aromatic nitrogens is 5. The molecule has 10 heteroatoms. The summed E-state index contributed by atoms with van der Waals surface area (Å²) in [5, 5.41) is 16.5. The second kappa shape index (κ2) is 7.81. The van der Waals surface area contributed by atoms with Crippen LogP contribution in [0.15, 0.2) is 29.3 Å². The van der Waals surface area contributed by atoms with E-state index in [-0.39, 0.29) is 11.6 Å². The highest BCUT2D eigenvalue weighted by atomic mass is 35.5. The summed E-state index contributed by atoms with van der Waals surface area (Å²) < 4.78 is 3.36. The molecule has 0 amide bonds. The molecule has 3 atom stereocenters. The van der Waals surface area contributed by atoms with Crippen LogP contribution in [0.2, 0.25) is 5.02 Å². The Morgan fingerprint density at radius 3 is 2.63 bits per heavy atom. The van der Waals surface area contributed by atoms with Gasteiger partial charge in [0.15, 0.2) is 0 Å². The molecule has 1 aromatic carbocycles.